The Kier molecular flexibility index (Phi) is 10.9. The number of methoxy groups -OCH3 is 1. The molecule has 3 N–H and O–H groups in total. The van der Waals surface area contributed by atoms with E-state index in [1.54, 1.807) is 6.92 Å². The van der Waals surface area contributed by atoms with Gasteiger partial charge in [0, 0.05) is 37.3 Å². The molecule has 0 aliphatic carbocycles. The van der Waals surface area contributed by atoms with E-state index in [1.807, 2.05) is 24.3 Å². The van der Waals surface area contributed by atoms with Crippen LogP contribution in [0.4, 0.5) is 0 Å². The summed E-state index contributed by atoms with van der Waals surface area (Å²) in [4.78, 5) is 29.0. The first-order valence-corrected chi connectivity index (χ1v) is 14.2. The predicted molar refractivity (Wildman–Crippen MR) is 147 cm³/mol. The monoisotopic (exact) mass is 583 g/mol. The maximum Gasteiger partial charge on any atom is 0.245 e. The van der Waals surface area contributed by atoms with Crippen LogP contribution >= 0.6 is 23.2 Å². The summed E-state index contributed by atoms with van der Waals surface area (Å²) in [6.45, 7) is 2.78. The van der Waals surface area contributed by atoms with Gasteiger partial charge in [-0.1, -0.05) is 47.5 Å². The van der Waals surface area contributed by atoms with Crippen LogP contribution in [0, 0.1) is 6.92 Å². The van der Waals surface area contributed by atoms with Gasteiger partial charge in [-0.15, -0.1) is 0 Å². The highest BCUT2D eigenvalue weighted by Crippen LogP contribution is 2.31. The minimum Gasteiger partial charge on any atom is -0.383 e. The van der Waals surface area contributed by atoms with Gasteiger partial charge in [0.1, 0.15) is 10.7 Å². The van der Waals surface area contributed by atoms with E-state index in [9.17, 15) is 18.0 Å². The summed E-state index contributed by atoms with van der Waals surface area (Å²) in [5, 5.41) is 8.75. The standard InChI is InChI=1S/C25H31Cl2N5O5S/c1-17-20(26)7-8-21(24(17)27)38(35,36)32(13-14-37-2)16-23(34)31-15-22(33)28-10-9-18-3-5-19(6-4-18)25-29-11-12-30-25/h3-8H,9-16H2,1-2H3,(H,28,33)(H,29,30)(H,31,34). The summed E-state index contributed by atoms with van der Waals surface area (Å²) in [6, 6.07) is 10.7. The molecule has 1 heterocycles. The minimum absolute atomic E-state index is 0.0155. The molecule has 0 spiro atoms. The average Bonchev–Trinajstić information content (AvgIpc) is 3.44. The Hall–Kier alpha value is -2.70. The van der Waals surface area contributed by atoms with Crippen molar-refractivity contribution in [2.75, 3.05) is 53.0 Å². The molecule has 0 unspecified atom stereocenters. The van der Waals surface area contributed by atoms with Crippen LogP contribution in [0.2, 0.25) is 10.0 Å². The number of hydrogen-bond acceptors (Lipinski definition) is 7. The molecule has 2 aromatic carbocycles. The van der Waals surface area contributed by atoms with Gasteiger partial charge in [0.05, 0.1) is 31.3 Å². The summed E-state index contributed by atoms with van der Waals surface area (Å²) in [5.41, 5.74) is 2.48. The Balaban J connectivity index is 1.50. The molecule has 2 amide bonds. The van der Waals surface area contributed by atoms with Gasteiger partial charge in [0.15, 0.2) is 0 Å². The molecule has 0 atom stereocenters. The van der Waals surface area contributed by atoms with Crippen LogP contribution in [0.15, 0.2) is 46.3 Å². The number of rotatable bonds is 13. The zero-order chi connectivity index (χ0) is 27.7. The summed E-state index contributed by atoms with van der Waals surface area (Å²) >= 11 is 12.3. The van der Waals surface area contributed by atoms with Crippen molar-refractivity contribution in [3.63, 3.8) is 0 Å². The van der Waals surface area contributed by atoms with E-state index < -0.39 is 22.5 Å². The number of halogens is 2. The Labute approximate surface area is 232 Å². The quantitative estimate of drug-likeness (QED) is 0.329. The summed E-state index contributed by atoms with van der Waals surface area (Å²) in [7, 11) is -2.72. The van der Waals surface area contributed by atoms with Crippen LogP contribution < -0.4 is 16.0 Å². The highest BCUT2D eigenvalue weighted by atomic mass is 35.5. The topological polar surface area (TPSA) is 129 Å². The predicted octanol–water partition coefficient (Wildman–Crippen LogP) is 1.76. The van der Waals surface area contributed by atoms with E-state index in [4.69, 9.17) is 27.9 Å². The van der Waals surface area contributed by atoms with Crippen molar-refractivity contribution in [2.24, 2.45) is 4.99 Å². The van der Waals surface area contributed by atoms with E-state index in [-0.39, 0.29) is 35.5 Å². The van der Waals surface area contributed by atoms with Crippen molar-refractivity contribution in [1.29, 1.82) is 0 Å². The lowest BCUT2D eigenvalue weighted by atomic mass is 10.1. The minimum atomic E-state index is -4.14. The fraction of sp³-hybridized carbons (Fsp3) is 0.400. The smallest absolute Gasteiger partial charge is 0.245 e. The molecule has 206 valence electrons. The van der Waals surface area contributed by atoms with Crippen LogP contribution in [-0.4, -0.2) is 83.4 Å². The zero-order valence-electron chi connectivity index (χ0n) is 21.2. The van der Waals surface area contributed by atoms with E-state index >= 15 is 0 Å². The lowest BCUT2D eigenvalue weighted by Gasteiger charge is -2.22. The first kappa shape index (κ1) is 29.9. The molecule has 38 heavy (non-hydrogen) atoms. The van der Waals surface area contributed by atoms with Crippen molar-refractivity contribution in [1.82, 2.24) is 20.3 Å². The van der Waals surface area contributed by atoms with Gasteiger partial charge in [-0.05, 0) is 36.6 Å². The first-order valence-electron chi connectivity index (χ1n) is 12.0. The number of sulfonamides is 1. The number of hydrogen-bond donors (Lipinski definition) is 3. The van der Waals surface area contributed by atoms with Gasteiger partial charge in [-0.2, -0.15) is 4.31 Å². The average molecular weight is 585 g/mol. The summed E-state index contributed by atoms with van der Waals surface area (Å²) < 4.78 is 32.4. The Morgan fingerprint density at radius 2 is 1.84 bits per heavy atom. The molecular weight excluding hydrogens is 553 g/mol. The second-order valence-electron chi connectivity index (χ2n) is 8.55. The molecule has 13 heteroatoms. The van der Waals surface area contributed by atoms with Crippen LogP contribution in [0.25, 0.3) is 0 Å². The molecule has 2 aromatic rings. The first-order chi connectivity index (χ1) is 18.1. The molecular formula is C25H31Cl2N5O5S. The Morgan fingerprint density at radius 1 is 1.11 bits per heavy atom. The van der Waals surface area contributed by atoms with Crippen LogP contribution in [0.3, 0.4) is 0 Å². The number of amidine groups is 1. The highest BCUT2D eigenvalue weighted by Gasteiger charge is 2.29. The molecule has 1 aliphatic rings. The maximum absolute atomic E-state index is 13.2. The Bertz CT molecular complexity index is 1290. The molecule has 10 nitrogen and oxygen atoms in total. The lowest BCUT2D eigenvalue weighted by Crippen LogP contribution is -2.45. The van der Waals surface area contributed by atoms with E-state index in [0.717, 1.165) is 34.4 Å². The van der Waals surface area contributed by atoms with Crippen molar-refractivity contribution < 1.29 is 22.7 Å². The van der Waals surface area contributed by atoms with Gasteiger partial charge in [-0.3, -0.25) is 14.6 Å². The molecule has 0 fully saturated rings. The van der Waals surface area contributed by atoms with E-state index in [0.29, 0.717) is 23.6 Å². The second-order valence-corrected chi connectivity index (χ2v) is 11.2. The molecule has 3 rings (SSSR count). The zero-order valence-corrected chi connectivity index (χ0v) is 23.5. The summed E-state index contributed by atoms with van der Waals surface area (Å²) in [6.07, 6.45) is 0.615. The van der Waals surface area contributed by atoms with Crippen LogP contribution in [0.5, 0.6) is 0 Å². The molecule has 1 aliphatic heterocycles. The maximum atomic E-state index is 13.2. The van der Waals surface area contributed by atoms with Crippen molar-refractivity contribution in [3.8, 4) is 0 Å². The van der Waals surface area contributed by atoms with Gasteiger partial charge < -0.3 is 20.7 Å². The number of benzene rings is 2. The van der Waals surface area contributed by atoms with Crippen molar-refractivity contribution in [2.45, 2.75) is 18.2 Å². The van der Waals surface area contributed by atoms with E-state index in [1.165, 1.54) is 19.2 Å². The van der Waals surface area contributed by atoms with E-state index in [2.05, 4.69) is 20.9 Å². The van der Waals surface area contributed by atoms with Crippen molar-refractivity contribution >= 4 is 50.9 Å². The fourth-order valence-electron chi connectivity index (χ4n) is 3.68. The van der Waals surface area contributed by atoms with Crippen LogP contribution in [0.1, 0.15) is 16.7 Å². The number of amides is 2. The lowest BCUT2D eigenvalue weighted by molar-refractivity contribution is -0.126. The summed E-state index contributed by atoms with van der Waals surface area (Å²) in [5.74, 6) is -0.136. The third-order valence-electron chi connectivity index (χ3n) is 5.85. The third kappa shape index (κ3) is 7.90. The van der Waals surface area contributed by atoms with Gasteiger partial charge in [0.25, 0.3) is 0 Å². The molecule has 0 radical (unpaired) electrons. The second kappa shape index (κ2) is 13.9. The van der Waals surface area contributed by atoms with Crippen molar-refractivity contribution in [3.05, 3.63) is 63.1 Å². The molecule has 0 saturated carbocycles. The third-order valence-corrected chi connectivity index (χ3v) is 8.75. The Morgan fingerprint density at radius 3 is 2.50 bits per heavy atom. The number of carbonyl (C=O) groups is 2. The van der Waals surface area contributed by atoms with Gasteiger partial charge >= 0.3 is 0 Å². The molecule has 0 aromatic heterocycles. The number of ether oxygens (including phenoxy) is 1. The normalized spacial score (nSPS) is 13.2. The van der Waals surface area contributed by atoms with Gasteiger partial charge in [-0.25, -0.2) is 8.42 Å². The largest absolute Gasteiger partial charge is 0.383 e. The SMILES string of the molecule is COCCN(CC(=O)NCC(=O)NCCc1ccc(C2=NCCN2)cc1)S(=O)(=O)c1ccc(Cl)c(C)c1Cl. The fourth-order valence-corrected chi connectivity index (χ4v) is 5.84. The molecule has 0 saturated heterocycles. The number of nitrogens with one attached hydrogen (secondary N) is 3. The van der Waals surface area contributed by atoms with Crippen LogP contribution in [-0.2, 0) is 30.8 Å². The molecule has 0 bridgehead atoms. The highest BCUT2D eigenvalue weighted by molar-refractivity contribution is 7.89. The van der Waals surface area contributed by atoms with Gasteiger partial charge in [0.2, 0.25) is 21.8 Å². The number of aliphatic imine (C=N–C) groups is 1. The number of carbonyl (C=O) groups excluding carboxylic acids is 2. The number of nitrogens with zero attached hydrogens (tertiary/aromatic N) is 2.